The van der Waals surface area contributed by atoms with E-state index in [0.29, 0.717) is 61.4 Å². The lowest BCUT2D eigenvalue weighted by Crippen LogP contribution is -2.39. The third-order valence-electron chi connectivity index (χ3n) is 9.14. The number of hydrogen-bond donors (Lipinski definition) is 2. The molecule has 2 amide bonds. The van der Waals surface area contributed by atoms with E-state index in [0.717, 1.165) is 43.9 Å². The number of carboxylic acids is 1. The zero-order valence-corrected chi connectivity index (χ0v) is 25.0. The molecule has 0 radical (unpaired) electrons. The molecule has 2 atom stereocenters. The van der Waals surface area contributed by atoms with Gasteiger partial charge in [0.05, 0.1) is 11.1 Å². The molecule has 42 heavy (non-hydrogen) atoms. The van der Waals surface area contributed by atoms with Crippen molar-refractivity contribution in [2.75, 3.05) is 57.7 Å². The van der Waals surface area contributed by atoms with Gasteiger partial charge in [-0.2, -0.15) is 0 Å². The van der Waals surface area contributed by atoms with Crippen molar-refractivity contribution in [3.63, 3.8) is 0 Å². The van der Waals surface area contributed by atoms with Gasteiger partial charge < -0.3 is 25.1 Å². The van der Waals surface area contributed by atoms with E-state index in [1.165, 1.54) is 6.07 Å². The molecule has 10 heteroatoms. The molecule has 2 aromatic rings. The third kappa shape index (κ3) is 6.47. The number of aromatic carboxylic acids is 1. The van der Waals surface area contributed by atoms with Crippen LogP contribution >= 0.6 is 11.6 Å². The van der Waals surface area contributed by atoms with Crippen LogP contribution < -0.4 is 5.32 Å². The average molecular weight is 595 g/mol. The van der Waals surface area contributed by atoms with Crippen molar-refractivity contribution in [3.8, 4) is 0 Å². The van der Waals surface area contributed by atoms with E-state index in [2.05, 4.69) is 10.2 Å². The van der Waals surface area contributed by atoms with Crippen LogP contribution in [0.1, 0.15) is 62.8 Å². The molecule has 224 valence electrons. The van der Waals surface area contributed by atoms with Crippen molar-refractivity contribution < 1.29 is 24.3 Å². The second kappa shape index (κ2) is 12.8. The van der Waals surface area contributed by atoms with Crippen molar-refractivity contribution in [1.29, 1.82) is 0 Å². The zero-order chi connectivity index (χ0) is 30.0. The number of fused-ring (bicyclic) bond motifs is 1. The van der Waals surface area contributed by atoms with Crippen LogP contribution in [-0.2, 0) is 4.79 Å². The number of nitrogens with zero attached hydrogens (tertiary/aromatic N) is 3. The first-order valence-corrected chi connectivity index (χ1v) is 15.2. The molecule has 0 saturated carbocycles. The summed E-state index contributed by atoms with van der Waals surface area (Å²) in [5, 5.41) is 13.5. The number of piperidine rings is 1. The molecule has 3 aliphatic heterocycles. The molecule has 0 aliphatic carbocycles. The van der Waals surface area contributed by atoms with E-state index < -0.39 is 5.97 Å². The SMILES string of the molecule is CC(=O)N1CCC(C(=O)c2cc(NCCCN3CC4CN(C(=O)c5ccccc5C(=O)O)CC4C3)cc(Cl)c2C)CC1. The summed E-state index contributed by atoms with van der Waals surface area (Å²) in [4.78, 5) is 55.7. The number of halogens is 1. The summed E-state index contributed by atoms with van der Waals surface area (Å²) in [6, 6.07) is 10.2. The number of Topliss-reactive ketones (excluding diaryl/α,β-unsaturated/α-hetero) is 1. The van der Waals surface area contributed by atoms with Gasteiger partial charge in [0, 0.05) is 74.9 Å². The Morgan fingerprint density at radius 1 is 0.929 bits per heavy atom. The van der Waals surface area contributed by atoms with Crippen LogP contribution in [0.2, 0.25) is 5.02 Å². The summed E-state index contributed by atoms with van der Waals surface area (Å²) >= 11 is 6.52. The van der Waals surface area contributed by atoms with E-state index in [9.17, 15) is 24.3 Å². The summed E-state index contributed by atoms with van der Waals surface area (Å²) in [5.41, 5.74) is 2.60. The van der Waals surface area contributed by atoms with E-state index in [-0.39, 0.29) is 34.6 Å². The molecule has 9 nitrogen and oxygen atoms in total. The maximum absolute atomic E-state index is 13.3. The largest absolute Gasteiger partial charge is 0.478 e. The summed E-state index contributed by atoms with van der Waals surface area (Å²) in [5.74, 6) is -0.437. The highest BCUT2D eigenvalue weighted by Gasteiger charge is 2.42. The van der Waals surface area contributed by atoms with E-state index >= 15 is 0 Å². The van der Waals surface area contributed by atoms with Crippen LogP contribution in [0.3, 0.4) is 0 Å². The first-order chi connectivity index (χ1) is 20.1. The van der Waals surface area contributed by atoms with Crippen LogP contribution in [-0.4, -0.2) is 95.7 Å². The molecule has 2 N–H and O–H groups in total. The number of benzene rings is 2. The Morgan fingerprint density at radius 2 is 1.57 bits per heavy atom. The molecule has 5 rings (SSSR count). The molecule has 0 bridgehead atoms. The number of carbonyl (C=O) groups excluding carboxylic acids is 3. The van der Waals surface area contributed by atoms with Crippen LogP contribution in [0.15, 0.2) is 36.4 Å². The fourth-order valence-electron chi connectivity index (χ4n) is 6.71. The fraction of sp³-hybridized carbons (Fsp3) is 0.500. The van der Waals surface area contributed by atoms with Crippen LogP contribution in [0, 0.1) is 24.7 Å². The molecule has 2 aromatic carbocycles. The van der Waals surface area contributed by atoms with E-state index in [1.807, 2.05) is 24.0 Å². The third-order valence-corrected chi connectivity index (χ3v) is 9.53. The van der Waals surface area contributed by atoms with Crippen molar-refractivity contribution in [2.24, 2.45) is 17.8 Å². The number of hydrogen-bond acceptors (Lipinski definition) is 6. The molecule has 2 unspecified atom stereocenters. The van der Waals surface area contributed by atoms with Gasteiger partial charge in [0.1, 0.15) is 0 Å². The summed E-state index contributed by atoms with van der Waals surface area (Å²) in [7, 11) is 0. The molecular formula is C32H39ClN4O5. The van der Waals surface area contributed by atoms with Gasteiger partial charge in [-0.15, -0.1) is 0 Å². The maximum Gasteiger partial charge on any atom is 0.336 e. The highest BCUT2D eigenvalue weighted by molar-refractivity contribution is 6.32. The van der Waals surface area contributed by atoms with Gasteiger partial charge >= 0.3 is 5.97 Å². The smallest absolute Gasteiger partial charge is 0.336 e. The lowest BCUT2D eigenvalue weighted by molar-refractivity contribution is -0.130. The van der Waals surface area contributed by atoms with Crippen molar-refractivity contribution in [1.82, 2.24) is 14.7 Å². The van der Waals surface area contributed by atoms with Gasteiger partial charge in [0.15, 0.2) is 5.78 Å². The van der Waals surface area contributed by atoms with Gasteiger partial charge in [-0.25, -0.2) is 4.79 Å². The molecule has 3 aliphatic rings. The van der Waals surface area contributed by atoms with Crippen molar-refractivity contribution in [2.45, 2.75) is 33.1 Å². The van der Waals surface area contributed by atoms with Gasteiger partial charge in [0.2, 0.25) is 5.91 Å². The molecular weight excluding hydrogens is 556 g/mol. The number of anilines is 1. The number of carbonyl (C=O) groups is 4. The number of rotatable bonds is 9. The highest BCUT2D eigenvalue weighted by atomic mass is 35.5. The highest BCUT2D eigenvalue weighted by Crippen LogP contribution is 2.33. The Bertz CT molecular complexity index is 1360. The Hall–Kier alpha value is -3.43. The number of carboxylic acid groups (broad SMARTS) is 1. The fourth-order valence-corrected chi connectivity index (χ4v) is 6.93. The summed E-state index contributed by atoms with van der Waals surface area (Å²) in [6.07, 6.45) is 2.27. The Labute approximate surface area is 251 Å². The lowest BCUT2D eigenvalue weighted by atomic mass is 9.87. The summed E-state index contributed by atoms with van der Waals surface area (Å²) in [6.45, 7) is 9.49. The molecule has 0 spiro atoms. The first kappa shape index (κ1) is 30.0. The molecule has 3 heterocycles. The average Bonchev–Trinajstić information content (AvgIpc) is 3.55. The topological polar surface area (TPSA) is 110 Å². The minimum Gasteiger partial charge on any atom is -0.478 e. The standard InChI is InChI=1S/C32H39ClN4O5/c1-20-28(30(39)22-8-12-36(13-9-22)21(2)38)14-25(15-29(20)33)34-10-5-11-35-16-23-18-37(19-24(23)17-35)31(40)26-6-3-4-7-27(26)32(41)42/h3-4,6-7,14-15,22-24,34H,5,8-13,16-19H2,1-2H3,(H,41,42). The predicted molar refractivity (Wildman–Crippen MR) is 161 cm³/mol. The second-order valence-electron chi connectivity index (χ2n) is 11.9. The van der Waals surface area contributed by atoms with Gasteiger partial charge in [-0.3, -0.25) is 14.4 Å². The first-order valence-electron chi connectivity index (χ1n) is 14.8. The Balaban J connectivity index is 1.09. The van der Waals surface area contributed by atoms with Crippen molar-refractivity contribution >= 4 is 40.9 Å². The maximum atomic E-state index is 13.3. The molecule has 3 saturated heterocycles. The van der Waals surface area contributed by atoms with Crippen LogP contribution in [0.5, 0.6) is 0 Å². The zero-order valence-electron chi connectivity index (χ0n) is 24.3. The Kier molecular flexibility index (Phi) is 9.18. The van der Waals surface area contributed by atoms with E-state index in [4.69, 9.17) is 11.6 Å². The normalized spacial score (nSPS) is 20.9. The van der Waals surface area contributed by atoms with Gasteiger partial charge in [0.25, 0.3) is 5.91 Å². The predicted octanol–water partition coefficient (Wildman–Crippen LogP) is 4.29. The summed E-state index contributed by atoms with van der Waals surface area (Å²) < 4.78 is 0. The van der Waals surface area contributed by atoms with Crippen LogP contribution in [0.4, 0.5) is 5.69 Å². The molecule has 0 aromatic heterocycles. The second-order valence-corrected chi connectivity index (χ2v) is 12.3. The minimum atomic E-state index is -1.08. The minimum absolute atomic E-state index is 0.0510. The monoisotopic (exact) mass is 594 g/mol. The Morgan fingerprint density at radius 3 is 2.19 bits per heavy atom. The number of amides is 2. The van der Waals surface area contributed by atoms with Gasteiger partial charge in [-0.1, -0.05) is 23.7 Å². The number of ketones is 1. The van der Waals surface area contributed by atoms with Crippen molar-refractivity contribution in [3.05, 3.63) is 63.7 Å². The molecule has 3 fully saturated rings. The van der Waals surface area contributed by atoms with Crippen LogP contribution in [0.25, 0.3) is 0 Å². The van der Waals surface area contributed by atoms with Gasteiger partial charge in [-0.05, 0) is 74.4 Å². The van der Waals surface area contributed by atoms with E-state index in [1.54, 1.807) is 30.0 Å². The number of likely N-dealkylation sites (tertiary alicyclic amines) is 3. The quantitative estimate of drug-likeness (QED) is 0.329. The number of nitrogens with one attached hydrogen (secondary N) is 1. The lowest BCUT2D eigenvalue weighted by Gasteiger charge is -2.30.